The van der Waals surface area contributed by atoms with E-state index < -0.39 is 0 Å². The lowest BCUT2D eigenvalue weighted by molar-refractivity contribution is 0.0918. The van der Waals surface area contributed by atoms with Gasteiger partial charge in [-0.25, -0.2) is 4.98 Å². The number of halogens is 2. The molecule has 1 atom stereocenters. The summed E-state index contributed by atoms with van der Waals surface area (Å²) in [6.07, 6.45) is 2.40. The predicted molar refractivity (Wildman–Crippen MR) is 96.3 cm³/mol. The summed E-state index contributed by atoms with van der Waals surface area (Å²) in [7, 11) is 0. The van der Waals surface area contributed by atoms with Crippen molar-refractivity contribution in [2.24, 2.45) is 11.7 Å². The SMILES string of the molecule is CC(C)N1CCCC(CNC(=O)c2csc(CN)n2)C1.Cl.Cl. The van der Waals surface area contributed by atoms with Crippen molar-refractivity contribution in [1.82, 2.24) is 15.2 Å². The van der Waals surface area contributed by atoms with Crippen LogP contribution in [0.1, 0.15) is 42.2 Å². The standard InChI is InChI=1S/C14H24N4OS.2ClH/c1-10(2)18-5-3-4-11(8-18)7-16-14(19)12-9-20-13(6-15)17-12;;/h9-11H,3-8,15H2,1-2H3,(H,16,19);2*1H. The van der Waals surface area contributed by atoms with Crippen LogP contribution in [0.5, 0.6) is 0 Å². The number of thiazole rings is 1. The van der Waals surface area contributed by atoms with Crippen molar-refractivity contribution in [3.8, 4) is 0 Å². The largest absolute Gasteiger partial charge is 0.350 e. The zero-order valence-electron chi connectivity index (χ0n) is 13.1. The first kappa shape index (κ1) is 21.6. The van der Waals surface area contributed by atoms with Gasteiger partial charge in [0.2, 0.25) is 0 Å². The van der Waals surface area contributed by atoms with Crippen LogP contribution in [0.3, 0.4) is 0 Å². The quantitative estimate of drug-likeness (QED) is 0.836. The number of amides is 1. The fourth-order valence-corrected chi connectivity index (χ4v) is 3.22. The lowest BCUT2D eigenvalue weighted by Crippen LogP contribution is -2.43. The number of nitrogens with two attached hydrogens (primary N) is 1. The maximum absolute atomic E-state index is 12.0. The van der Waals surface area contributed by atoms with Crippen LogP contribution in [0.25, 0.3) is 0 Å². The average molecular weight is 369 g/mol. The molecule has 1 saturated heterocycles. The van der Waals surface area contributed by atoms with Crippen LogP contribution in [0.2, 0.25) is 0 Å². The highest BCUT2D eigenvalue weighted by Gasteiger charge is 2.22. The van der Waals surface area contributed by atoms with Crippen molar-refractivity contribution < 1.29 is 4.79 Å². The molecule has 1 aromatic rings. The molecule has 1 aliphatic heterocycles. The van der Waals surface area contributed by atoms with E-state index in [0.717, 1.165) is 18.1 Å². The molecule has 0 aromatic carbocycles. The molecule has 0 spiro atoms. The topological polar surface area (TPSA) is 71.2 Å². The lowest BCUT2D eigenvalue weighted by atomic mass is 9.97. The summed E-state index contributed by atoms with van der Waals surface area (Å²) in [6, 6.07) is 0.583. The summed E-state index contributed by atoms with van der Waals surface area (Å²) < 4.78 is 0. The van der Waals surface area contributed by atoms with Crippen molar-refractivity contribution in [2.75, 3.05) is 19.6 Å². The Labute approximate surface area is 148 Å². The molecule has 0 bridgehead atoms. The number of aromatic nitrogens is 1. The van der Waals surface area contributed by atoms with Crippen LogP contribution in [0.4, 0.5) is 0 Å². The number of carbonyl (C=O) groups excluding carboxylic acids is 1. The van der Waals surface area contributed by atoms with E-state index in [0.29, 0.717) is 24.2 Å². The maximum Gasteiger partial charge on any atom is 0.270 e. The number of piperidine rings is 1. The molecule has 0 saturated carbocycles. The normalized spacial score (nSPS) is 18.5. The number of rotatable bonds is 5. The molecule has 0 radical (unpaired) electrons. The van der Waals surface area contributed by atoms with Gasteiger partial charge in [0.05, 0.1) is 0 Å². The van der Waals surface area contributed by atoms with Crippen LogP contribution in [-0.4, -0.2) is 41.5 Å². The van der Waals surface area contributed by atoms with E-state index in [4.69, 9.17) is 5.73 Å². The van der Waals surface area contributed by atoms with E-state index in [-0.39, 0.29) is 30.7 Å². The zero-order valence-corrected chi connectivity index (χ0v) is 15.5. The monoisotopic (exact) mass is 368 g/mol. The predicted octanol–water partition coefficient (Wildman–Crippen LogP) is 2.30. The minimum Gasteiger partial charge on any atom is -0.350 e. The van der Waals surface area contributed by atoms with Gasteiger partial charge < -0.3 is 16.0 Å². The maximum atomic E-state index is 12.0. The Kier molecular flexibility index (Phi) is 10.2. The van der Waals surface area contributed by atoms with Gasteiger partial charge >= 0.3 is 0 Å². The number of nitrogens with zero attached hydrogens (tertiary/aromatic N) is 2. The molecule has 2 rings (SSSR count). The van der Waals surface area contributed by atoms with Crippen molar-refractivity contribution in [2.45, 2.75) is 39.3 Å². The van der Waals surface area contributed by atoms with Crippen LogP contribution < -0.4 is 11.1 Å². The van der Waals surface area contributed by atoms with Gasteiger partial charge in [0, 0.05) is 31.1 Å². The van der Waals surface area contributed by atoms with Gasteiger partial charge in [0.25, 0.3) is 5.91 Å². The molecule has 0 aliphatic carbocycles. The van der Waals surface area contributed by atoms with Crippen LogP contribution in [0.15, 0.2) is 5.38 Å². The van der Waals surface area contributed by atoms with E-state index in [1.54, 1.807) is 5.38 Å². The molecular formula is C14H26Cl2N4OS. The minimum atomic E-state index is -0.0809. The van der Waals surface area contributed by atoms with Gasteiger partial charge in [-0.15, -0.1) is 36.2 Å². The van der Waals surface area contributed by atoms with E-state index in [1.807, 2.05) is 0 Å². The minimum absolute atomic E-state index is 0. The molecule has 128 valence electrons. The molecular weight excluding hydrogens is 343 g/mol. The third-order valence-corrected chi connectivity index (χ3v) is 4.66. The molecule has 5 nitrogen and oxygen atoms in total. The van der Waals surface area contributed by atoms with Gasteiger partial charge in [-0.1, -0.05) is 0 Å². The number of hydrogen-bond acceptors (Lipinski definition) is 5. The van der Waals surface area contributed by atoms with Crippen LogP contribution >= 0.6 is 36.2 Å². The van der Waals surface area contributed by atoms with E-state index in [9.17, 15) is 4.79 Å². The first-order valence-electron chi connectivity index (χ1n) is 7.27. The summed E-state index contributed by atoms with van der Waals surface area (Å²) in [4.78, 5) is 18.7. The Morgan fingerprint density at radius 2 is 2.27 bits per heavy atom. The summed E-state index contributed by atoms with van der Waals surface area (Å²) >= 11 is 1.44. The number of likely N-dealkylation sites (tertiary alicyclic amines) is 1. The number of nitrogens with one attached hydrogen (secondary N) is 1. The fraction of sp³-hybridized carbons (Fsp3) is 0.714. The Morgan fingerprint density at radius 3 is 2.86 bits per heavy atom. The van der Waals surface area contributed by atoms with Gasteiger partial charge in [-0.3, -0.25) is 4.79 Å². The van der Waals surface area contributed by atoms with Crippen molar-refractivity contribution in [3.05, 3.63) is 16.1 Å². The molecule has 8 heteroatoms. The summed E-state index contributed by atoms with van der Waals surface area (Å²) in [5, 5.41) is 5.58. The zero-order chi connectivity index (χ0) is 14.5. The molecule has 3 N–H and O–H groups in total. The second-order valence-corrected chi connectivity index (χ2v) is 6.58. The van der Waals surface area contributed by atoms with Crippen molar-refractivity contribution >= 4 is 42.1 Å². The van der Waals surface area contributed by atoms with E-state index >= 15 is 0 Å². The lowest BCUT2D eigenvalue weighted by Gasteiger charge is -2.35. The first-order valence-corrected chi connectivity index (χ1v) is 8.14. The molecule has 1 amide bonds. The van der Waals surface area contributed by atoms with Crippen molar-refractivity contribution in [1.29, 1.82) is 0 Å². The average Bonchev–Trinajstić information content (AvgIpc) is 2.94. The third-order valence-electron chi connectivity index (χ3n) is 3.79. The van der Waals surface area contributed by atoms with Gasteiger partial charge in [0.1, 0.15) is 10.7 Å². The van der Waals surface area contributed by atoms with Crippen molar-refractivity contribution in [3.63, 3.8) is 0 Å². The molecule has 1 aliphatic rings. The van der Waals surface area contributed by atoms with E-state index in [1.165, 1.54) is 30.7 Å². The molecule has 2 heterocycles. The third kappa shape index (κ3) is 6.01. The molecule has 1 fully saturated rings. The highest BCUT2D eigenvalue weighted by molar-refractivity contribution is 7.09. The number of hydrogen-bond donors (Lipinski definition) is 2. The second-order valence-electron chi connectivity index (χ2n) is 5.64. The Morgan fingerprint density at radius 1 is 1.55 bits per heavy atom. The summed E-state index contributed by atoms with van der Waals surface area (Å²) in [5.74, 6) is 0.463. The highest BCUT2D eigenvalue weighted by atomic mass is 35.5. The van der Waals surface area contributed by atoms with E-state index in [2.05, 4.69) is 29.0 Å². The fourth-order valence-electron chi connectivity index (χ4n) is 2.57. The Balaban J connectivity index is 0.00000220. The van der Waals surface area contributed by atoms with Gasteiger partial charge in [-0.05, 0) is 39.2 Å². The Bertz CT molecular complexity index is 456. The Hall–Kier alpha value is -0.400. The van der Waals surface area contributed by atoms with Crippen LogP contribution in [0, 0.1) is 5.92 Å². The van der Waals surface area contributed by atoms with Gasteiger partial charge in [0.15, 0.2) is 0 Å². The second kappa shape index (κ2) is 10.4. The molecule has 1 unspecified atom stereocenters. The summed E-state index contributed by atoms with van der Waals surface area (Å²) in [6.45, 7) is 7.83. The first-order chi connectivity index (χ1) is 9.60. The summed E-state index contributed by atoms with van der Waals surface area (Å²) in [5.41, 5.74) is 6.00. The molecule has 1 aromatic heterocycles. The smallest absolute Gasteiger partial charge is 0.270 e. The van der Waals surface area contributed by atoms with Crippen LogP contribution in [-0.2, 0) is 6.54 Å². The van der Waals surface area contributed by atoms with Gasteiger partial charge in [-0.2, -0.15) is 0 Å². The molecule has 22 heavy (non-hydrogen) atoms. The highest BCUT2D eigenvalue weighted by Crippen LogP contribution is 2.18. The number of carbonyl (C=O) groups is 1.